The zero-order valence-corrected chi connectivity index (χ0v) is 9.31. The van der Waals surface area contributed by atoms with Gasteiger partial charge in [-0.25, -0.2) is 0 Å². The molecule has 0 aliphatic carbocycles. The lowest BCUT2D eigenvalue weighted by Crippen LogP contribution is -2.18. The van der Waals surface area contributed by atoms with E-state index in [9.17, 15) is 0 Å². The quantitative estimate of drug-likeness (QED) is 0.741. The molecule has 1 atom stereocenters. The molecule has 0 aromatic carbocycles. The molecule has 1 heterocycles. The maximum absolute atomic E-state index is 5.50. The van der Waals surface area contributed by atoms with Crippen molar-refractivity contribution < 1.29 is 4.74 Å². The highest BCUT2D eigenvalue weighted by molar-refractivity contribution is 7.99. The molecule has 1 fully saturated rings. The number of ether oxygens (including phenoxy) is 1. The van der Waals surface area contributed by atoms with E-state index in [2.05, 4.69) is 18.7 Å². The normalized spacial score (nSPS) is 21.7. The third-order valence-corrected chi connectivity index (χ3v) is 4.00. The first-order chi connectivity index (χ1) is 6.33. The summed E-state index contributed by atoms with van der Waals surface area (Å²) in [6, 6.07) is 0. The van der Waals surface area contributed by atoms with E-state index in [-0.39, 0.29) is 0 Å². The van der Waals surface area contributed by atoms with Crippen molar-refractivity contribution in [3.63, 3.8) is 0 Å². The molecule has 78 valence electrons. The summed E-state index contributed by atoms with van der Waals surface area (Å²) < 4.78 is 5.32. The molecule has 0 amide bonds. The Balaban J connectivity index is 2.03. The van der Waals surface area contributed by atoms with Crippen LogP contribution in [-0.2, 0) is 4.74 Å². The van der Waals surface area contributed by atoms with Gasteiger partial charge in [0, 0.05) is 18.5 Å². The molecule has 0 saturated carbocycles. The van der Waals surface area contributed by atoms with E-state index in [1.807, 2.05) is 0 Å². The molecule has 0 aromatic heterocycles. The third-order valence-electron chi connectivity index (χ3n) is 2.53. The Morgan fingerprint density at radius 2 is 2.15 bits per heavy atom. The van der Waals surface area contributed by atoms with Gasteiger partial charge in [0.25, 0.3) is 0 Å². The lowest BCUT2D eigenvalue weighted by atomic mass is 10.0. The lowest BCUT2D eigenvalue weighted by Gasteiger charge is -2.22. The Bertz CT molecular complexity index is 126. The van der Waals surface area contributed by atoms with E-state index in [0.29, 0.717) is 0 Å². The molecule has 1 saturated heterocycles. The fourth-order valence-electron chi connectivity index (χ4n) is 1.53. The summed E-state index contributed by atoms with van der Waals surface area (Å²) >= 11 is 2.07. The van der Waals surface area contributed by atoms with Gasteiger partial charge in [-0.15, -0.1) is 0 Å². The van der Waals surface area contributed by atoms with Crippen LogP contribution in [-0.4, -0.2) is 30.8 Å². The summed E-state index contributed by atoms with van der Waals surface area (Å²) in [7, 11) is 0. The van der Waals surface area contributed by atoms with Crippen LogP contribution >= 0.6 is 11.8 Å². The first-order valence-electron chi connectivity index (χ1n) is 5.22. The van der Waals surface area contributed by atoms with E-state index in [4.69, 9.17) is 10.5 Å². The molecule has 0 aromatic rings. The van der Waals surface area contributed by atoms with E-state index >= 15 is 0 Å². The zero-order valence-electron chi connectivity index (χ0n) is 8.50. The number of rotatable bonds is 5. The van der Waals surface area contributed by atoms with E-state index in [0.717, 1.165) is 37.3 Å². The summed E-state index contributed by atoms with van der Waals surface area (Å²) in [4.78, 5) is 0. The molecule has 1 rings (SSSR count). The molecule has 2 nitrogen and oxygen atoms in total. The first kappa shape index (κ1) is 11.3. The molecule has 0 spiro atoms. The highest BCUT2D eigenvalue weighted by Crippen LogP contribution is 2.23. The fraction of sp³-hybridized carbons (Fsp3) is 1.00. The molecule has 1 aliphatic rings. The van der Waals surface area contributed by atoms with Gasteiger partial charge in [0.15, 0.2) is 0 Å². The Kier molecular flexibility index (Phi) is 5.83. The van der Waals surface area contributed by atoms with Gasteiger partial charge in [0.1, 0.15) is 0 Å². The van der Waals surface area contributed by atoms with Crippen LogP contribution in [0.25, 0.3) is 0 Å². The van der Waals surface area contributed by atoms with Gasteiger partial charge in [-0.05, 0) is 37.5 Å². The summed E-state index contributed by atoms with van der Waals surface area (Å²) in [5, 5.41) is 0.729. The monoisotopic (exact) mass is 203 g/mol. The van der Waals surface area contributed by atoms with Crippen molar-refractivity contribution in [3.05, 3.63) is 0 Å². The van der Waals surface area contributed by atoms with Crippen molar-refractivity contribution in [1.82, 2.24) is 0 Å². The van der Waals surface area contributed by atoms with Crippen LogP contribution in [0.5, 0.6) is 0 Å². The molecule has 3 heteroatoms. The molecule has 1 unspecified atom stereocenters. The van der Waals surface area contributed by atoms with Crippen LogP contribution < -0.4 is 5.73 Å². The van der Waals surface area contributed by atoms with Gasteiger partial charge in [0.2, 0.25) is 0 Å². The van der Waals surface area contributed by atoms with E-state index in [1.165, 1.54) is 18.6 Å². The van der Waals surface area contributed by atoms with Gasteiger partial charge < -0.3 is 10.5 Å². The van der Waals surface area contributed by atoms with Crippen LogP contribution in [0.3, 0.4) is 0 Å². The second-order valence-corrected chi connectivity index (χ2v) is 5.25. The predicted octanol–water partition coefficient (Wildman–Crippen LogP) is 1.88. The predicted molar refractivity (Wildman–Crippen MR) is 59.1 cm³/mol. The first-order valence-corrected chi connectivity index (χ1v) is 6.27. The Morgan fingerprint density at radius 1 is 1.46 bits per heavy atom. The highest BCUT2D eigenvalue weighted by atomic mass is 32.2. The van der Waals surface area contributed by atoms with Gasteiger partial charge in [-0.2, -0.15) is 11.8 Å². The Labute approximate surface area is 85.6 Å². The average molecular weight is 203 g/mol. The smallest absolute Gasteiger partial charge is 0.0468 e. The van der Waals surface area contributed by atoms with Crippen molar-refractivity contribution in [3.8, 4) is 0 Å². The van der Waals surface area contributed by atoms with Crippen molar-refractivity contribution in [2.24, 2.45) is 11.7 Å². The van der Waals surface area contributed by atoms with E-state index < -0.39 is 0 Å². The van der Waals surface area contributed by atoms with Crippen LogP contribution in [0.2, 0.25) is 0 Å². The molecule has 0 bridgehead atoms. The van der Waals surface area contributed by atoms with Crippen molar-refractivity contribution in [2.75, 3.05) is 25.5 Å². The summed E-state index contributed by atoms with van der Waals surface area (Å²) in [6.45, 7) is 5.03. The maximum atomic E-state index is 5.50. The topological polar surface area (TPSA) is 35.2 Å². The molecule has 0 radical (unpaired) electrons. The largest absolute Gasteiger partial charge is 0.381 e. The number of nitrogens with two attached hydrogens (primary N) is 1. The molecule has 1 aliphatic heterocycles. The molecular weight excluding hydrogens is 182 g/mol. The SMILES string of the molecule is CC(CCN)SCC1CCOCC1. The van der Waals surface area contributed by atoms with Gasteiger partial charge in [0.05, 0.1) is 0 Å². The van der Waals surface area contributed by atoms with E-state index in [1.54, 1.807) is 0 Å². The second-order valence-electron chi connectivity index (χ2n) is 3.78. The van der Waals surface area contributed by atoms with Crippen molar-refractivity contribution >= 4 is 11.8 Å². The minimum Gasteiger partial charge on any atom is -0.381 e. The average Bonchev–Trinajstić information content (AvgIpc) is 2.17. The lowest BCUT2D eigenvalue weighted by molar-refractivity contribution is 0.0727. The number of hydrogen-bond acceptors (Lipinski definition) is 3. The summed E-state index contributed by atoms with van der Waals surface area (Å²) in [5.41, 5.74) is 5.50. The molecule has 13 heavy (non-hydrogen) atoms. The Morgan fingerprint density at radius 3 is 2.77 bits per heavy atom. The third kappa shape index (κ3) is 4.89. The summed E-state index contributed by atoms with van der Waals surface area (Å²) in [5.74, 6) is 2.18. The van der Waals surface area contributed by atoms with Gasteiger partial charge in [-0.3, -0.25) is 0 Å². The standard InChI is InChI=1S/C10H21NOS/c1-9(2-5-11)13-8-10-3-6-12-7-4-10/h9-10H,2-8,11H2,1H3. The number of thioether (sulfide) groups is 1. The number of hydrogen-bond donors (Lipinski definition) is 1. The van der Waals surface area contributed by atoms with Crippen molar-refractivity contribution in [1.29, 1.82) is 0 Å². The zero-order chi connectivity index (χ0) is 9.52. The van der Waals surface area contributed by atoms with Crippen LogP contribution in [0.1, 0.15) is 26.2 Å². The minimum absolute atomic E-state index is 0.729. The van der Waals surface area contributed by atoms with Crippen LogP contribution in [0.4, 0.5) is 0 Å². The molecular formula is C10H21NOS. The maximum Gasteiger partial charge on any atom is 0.0468 e. The summed E-state index contributed by atoms with van der Waals surface area (Å²) in [6.07, 6.45) is 3.65. The highest BCUT2D eigenvalue weighted by Gasteiger charge is 2.14. The van der Waals surface area contributed by atoms with Gasteiger partial charge >= 0.3 is 0 Å². The second kappa shape index (κ2) is 6.68. The fourth-order valence-corrected chi connectivity index (χ4v) is 2.77. The van der Waals surface area contributed by atoms with Crippen LogP contribution in [0.15, 0.2) is 0 Å². The Hall–Kier alpha value is 0.270. The molecule has 2 N–H and O–H groups in total. The van der Waals surface area contributed by atoms with Crippen molar-refractivity contribution in [2.45, 2.75) is 31.4 Å². The minimum atomic E-state index is 0.729. The van der Waals surface area contributed by atoms with Gasteiger partial charge in [-0.1, -0.05) is 6.92 Å². The van der Waals surface area contributed by atoms with Crippen LogP contribution in [0, 0.1) is 5.92 Å².